The Morgan fingerprint density at radius 2 is 1.74 bits per heavy atom. The number of para-hydroxylation sites is 1. The van der Waals surface area contributed by atoms with Crippen molar-refractivity contribution in [1.82, 2.24) is 9.97 Å². The van der Waals surface area contributed by atoms with E-state index in [0.717, 1.165) is 42.4 Å². The molecule has 0 radical (unpaired) electrons. The lowest BCUT2D eigenvalue weighted by molar-refractivity contribution is 0.410. The van der Waals surface area contributed by atoms with Crippen LogP contribution in [0.1, 0.15) is 46.5 Å². The van der Waals surface area contributed by atoms with Crippen LogP contribution >= 0.6 is 0 Å². The van der Waals surface area contributed by atoms with Gasteiger partial charge >= 0.3 is 0 Å². The molecule has 1 aromatic heterocycles. The third-order valence-electron chi connectivity index (χ3n) is 4.20. The topological polar surface area (TPSA) is 75.9 Å². The predicted molar refractivity (Wildman–Crippen MR) is 96.8 cm³/mol. The van der Waals surface area contributed by atoms with Crippen molar-refractivity contribution in [1.29, 1.82) is 0 Å². The number of rotatable bonds is 3. The van der Waals surface area contributed by atoms with Crippen molar-refractivity contribution in [3.63, 3.8) is 0 Å². The lowest BCUT2D eigenvalue weighted by Gasteiger charge is -2.27. The van der Waals surface area contributed by atoms with E-state index in [1.807, 2.05) is 18.2 Å². The molecule has 1 fully saturated rings. The highest BCUT2D eigenvalue weighted by Gasteiger charge is 2.20. The van der Waals surface area contributed by atoms with Crippen molar-refractivity contribution in [2.24, 2.45) is 5.73 Å². The maximum atomic E-state index is 5.99. The van der Waals surface area contributed by atoms with Crippen LogP contribution in [0.4, 0.5) is 11.8 Å². The number of anilines is 2. The fourth-order valence-electron chi connectivity index (χ4n) is 3.04. The molecule has 3 rings (SSSR count). The van der Waals surface area contributed by atoms with E-state index in [0.29, 0.717) is 18.0 Å². The highest BCUT2D eigenvalue weighted by atomic mass is 15.2. The average Bonchev–Trinajstić information content (AvgIpc) is 2.48. The van der Waals surface area contributed by atoms with Gasteiger partial charge in [0.2, 0.25) is 5.95 Å². The molecule has 0 unspecified atom stereocenters. The van der Waals surface area contributed by atoms with Crippen LogP contribution in [0.5, 0.6) is 0 Å². The van der Waals surface area contributed by atoms with Crippen LogP contribution in [0, 0.1) is 0 Å². The normalized spacial score (nSPS) is 22.1. The minimum atomic E-state index is -0.0496. The first-order chi connectivity index (χ1) is 10.9. The van der Waals surface area contributed by atoms with E-state index < -0.39 is 0 Å². The molecule has 124 valence electrons. The van der Waals surface area contributed by atoms with Gasteiger partial charge in [-0.1, -0.05) is 12.1 Å². The monoisotopic (exact) mass is 313 g/mol. The second-order valence-electron chi connectivity index (χ2n) is 7.54. The van der Waals surface area contributed by atoms with E-state index in [4.69, 9.17) is 10.7 Å². The third kappa shape index (κ3) is 4.10. The number of nitrogens with zero attached hydrogens (tertiary/aromatic N) is 2. The van der Waals surface area contributed by atoms with Crippen LogP contribution < -0.4 is 16.4 Å². The first-order valence-electron chi connectivity index (χ1n) is 8.48. The Morgan fingerprint density at radius 1 is 1.04 bits per heavy atom. The van der Waals surface area contributed by atoms with Gasteiger partial charge in [-0.15, -0.1) is 0 Å². The Kier molecular flexibility index (Phi) is 4.39. The molecule has 1 saturated carbocycles. The average molecular weight is 313 g/mol. The zero-order valence-corrected chi connectivity index (χ0v) is 14.3. The molecule has 0 aliphatic heterocycles. The maximum Gasteiger partial charge on any atom is 0.225 e. The summed E-state index contributed by atoms with van der Waals surface area (Å²) in [7, 11) is 0. The highest BCUT2D eigenvalue weighted by molar-refractivity contribution is 5.90. The van der Waals surface area contributed by atoms with Crippen LogP contribution in [0.25, 0.3) is 10.9 Å². The SMILES string of the molecule is CC(C)(C)Nc1nc(NC2CCC(N)CC2)nc2ccccc12. The van der Waals surface area contributed by atoms with Gasteiger partial charge in [-0.2, -0.15) is 4.98 Å². The van der Waals surface area contributed by atoms with Crippen LogP contribution in [-0.2, 0) is 0 Å². The molecule has 2 aromatic rings. The number of nitrogens with one attached hydrogen (secondary N) is 2. The van der Waals surface area contributed by atoms with Crippen LogP contribution in [0.3, 0.4) is 0 Å². The Balaban J connectivity index is 1.88. The lowest BCUT2D eigenvalue weighted by Crippen LogP contribution is -2.33. The third-order valence-corrected chi connectivity index (χ3v) is 4.20. The fourth-order valence-corrected chi connectivity index (χ4v) is 3.04. The Hall–Kier alpha value is -1.88. The minimum Gasteiger partial charge on any atom is -0.365 e. The van der Waals surface area contributed by atoms with Gasteiger partial charge in [0.1, 0.15) is 5.82 Å². The fraction of sp³-hybridized carbons (Fsp3) is 0.556. The number of nitrogens with two attached hydrogens (primary N) is 1. The lowest BCUT2D eigenvalue weighted by atomic mass is 9.92. The summed E-state index contributed by atoms with van der Waals surface area (Å²) in [6.45, 7) is 6.42. The molecule has 4 N–H and O–H groups in total. The molecule has 0 spiro atoms. The highest BCUT2D eigenvalue weighted by Crippen LogP contribution is 2.26. The molecule has 5 heteroatoms. The van der Waals surface area contributed by atoms with Crippen molar-refractivity contribution < 1.29 is 0 Å². The van der Waals surface area contributed by atoms with Gasteiger partial charge in [0.05, 0.1) is 5.52 Å². The summed E-state index contributed by atoms with van der Waals surface area (Å²) in [5, 5.41) is 8.05. The largest absolute Gasteiger partial charge is 0.365 e. The summed E-state index contributed by atoms with van der Waals surface area (Å²) in [6, 6.07) is 8.90. The number of aromatic nitrogens is 2. The summed E-state index contributed by atoms with van der Waals surface area (Å²) in [5.74, 6) is 1.59. The van der Waals surface area contributed by atoms with Crippen molar-refractivity contribution >= 4 is 22.7 Å². The molecule has 1 aromatic carbocycles. The molecule has 0 atom stereocenters. The second kappa shape index (κ2) is 6.32. The number of fused-ring (bicyclic) bond motifs is 1. The van der Waals surface area contributed by atoms with E-state index in [1.165, 1.54) is 0 Å². The molecule has 5 nitrogen and oxygen atoms in total. The summed E-state index contributed by atoms with van der Waals surface area (Å²) in [5.41, 5.74) is 6.90. The van der Waals surface area contributed by atoms with Gasteiger partial charge in [0, 0.05) is 23.0 Å². The molecule has 1 aliphatic carbocycles. The first kappa shape index (κ1) is 16.0. The van der Waals surface area contributed by atoms with Crippen molar-refractivity contribution in [3.05, 3.63) is 24.3 Å². The minimum absolute atomic E-state index is 0.0496. The smallest absolute Gasteiger partial charge is 0.225 e. The van der Waals surface area contributed by atoms with E-state index in [1.54, 1.807) is 0 Å². The van der Waals surface area contributed by atoms with Gasteiger partial charge in [-0.3, -0.25) is 0 Å². The standard InChI is InChI=1S/C18H27N5/c1-18(2,3)23-16-14-6-4-5-7-15(14)21-17(22-16)20-13-10-8-12(19)9-11-13/h4-7,12-13H,8-11,19H2,1-3H3,(H2,20,21,22,23). The first-order valence-corrected chi connectivity index (χ1v) is 8.48. The van der Waals surface area contributed by atoms with E-state index in [2.05, 4.69) is 42.5 Å². The van der Waals surface area contributed by atoms with Crippen molar-refractivity contribution in [2.75, 3.05) is 10.6 Å². The Bertz CT molecular complexity index is 669. The van der Waals surface area contributed by atoms with Gasteiger partial charge < -0.3 is 16.4 Å². The molecule has 0 amide bonds. The zero-order valence-electron chi connectivity index (χ0n) is 14.3. The molecular formula is C18H27N5. The second-order valence-corrected chi connectivity index (χ2v) is 7.54. The Labute approximate surface area is 138 Å². The van der Waals surface area contributed by atoms with E-state index >= 15 is 0 Å². The molecular weight excluding hydrogens is 286 g/mol. The van der Waals surface area contributed by atoms with E-state index in [-0.39, 0.29) is 5.54 Å². The number of benzene rings is 1. The predicted octanol–water partition coefficient (Wildman–Crippen LogP) is 3.52. The van der Waals surface area contributed by atoms with Gasteiger partial charge in [-0.25, -0.2) is 4.98 Å². The van der Waals surface area contributed by atoms with Crippen LogP contribution in [0.15, 0.2) is 24.3 Å². The molecule has 0 bridgehead atoms. The number of hydrogen-bond acceptors (Lipinski definition) is 5. The van der Waals surface area contributed by atoms with Crippen LogP contribution in [0.2, 0.25) is 0 Å². The van der Waals surface area contributed by atoms with Crippen LogP contribution in [-0.4, -0.2) is 27.6 Å². The summed E-state index contributed by atoms with van der Waals surface area (Å²) < 4.78 is 0. The molecule has 0 saturated heterocycles. The van der Waals surface area contributed by atoms with Gasteiger partial charge in [-0.05, 0) is 58.6 Å². The quantitative estimate of drug-likeness (QED) is 0.808. The molecule has 23 heavy (non-hydrogen) atoms. The Morgan fingerprint density at radius 3 is 2.43 bits per heavy atom. The van der Waals surface area contributed by atoms with Crippen molar-refractivity contribution in [2.45, 2.75) is 64.1 Å². The summed E-state index contributed by atoms with van der Waals surface area (Å²) in [6.07, 6.45) is 4.30. The molecule has 1 aliphatic rings. The maximum absolute atomic E-state index is 5.99. The van der Waals surface area contributed by atoms with Gasteiger partial charge in [0.25, 0.3) is 0 Å². The summed E-state index contributed by atoms with van der Waals surface area (Å²) in [4.78, 5) is 9.42. The van der Waals surface area contributed by atoms with E-state index in [9.17, 15) is 0 Å². The van der Waals surface area contributed by atoms with Crippen molar-refractivity contribution in [3.8, 4) is 0 Å². The molecule has 1 heterocycles. The number of hydrogen-bond donors (Lipinski definition) is 3. The summed E-state index contributed by atoms with van der Waals surface area (Å²) >= 11 is 0. The van der Waals surface area contributed by atoms with Gasteiger partial charge in [0.15, 0.2) is 0 Å². The zero-order chi connectivity index (χ0) is 16.4.